The minimum absolute atomic E-state index is 0.501. The van der Waals surface area contributed by atoms with Gasteiger partial charge in [0.2, 0.25) is 0 Å². The lowest BCUT2D eigenvalue weighted by atomic mass is 10.2. The van der Waals surface area contributed by atoms with E-state index in [2.05, 4.69) is 0 Å². The van der Waals surface area contributed by atoms with E-state index in [9.17, 15) is 0 Å². The van der Waals surface area contributed by atoms with E-state index in [1.165, 1.54) is 0 Å². The zero-order valence-electron chi connectivity index (χ0n) is 14.1. The minimum Gasteiger partial charge on any atom is -0.451 e. The van der Waals surface area contributed by atoms with E-state index in [-0.39, 0.29) is 0 Å². The number of benzene rings is 3. The van der Waals surface area contributed by atoms with Crippen molar-refractivity contribution in [2.45, 2.75) is 19.8 Å². The molecule has 3 aromatic rings. The van der Waals surface area contributed by atoms with Crippen molar-refractivity contribution in [2.75, 3.05) is 0 Å². The molecule has 0 spiro atoms. The molecule has 0 amide bonds. The number of rotatable bonds is 9. The summed E-state index contributed by atoms with van der Waals surface area (Å²) in [5.74, 6) is 0. The van der Waals surface area contributed by atoms with Crippen molar-refractivity contribution < 1.29 is 11.4 Å². The molecule has 0 aliphatic carbocycles. The number of hydrogen-bond donors (Lipinski definition) is 0. The lowest BCUT2D eigenvalue weighted by Crippen LogP contribution is -2.27. The molecule has 126 valence electrons. The van der Waals surface area contributed by atoms with Gasteiger partial charge in [0.1, 0.15) is 0 Å². The molecular weight excluding hydrogens is 327 g/mol. The SMILES string of the molecule is c1ccc(C[O][Al]([O]Cc2ccccc2)[O]Cc2ccccc2)cc1. The first kappa shape index (κ1) is 17.9. The maximum absolute atomic E-state index is 5.97. The normalized spacial score (nSPS) is 10.6. The Bertz CT molecular complexity index is 616. The third-order valence-electron chi connectivity index (χ3n) is 3.69. The van der Waals surface area contributed by atoms with E-state index in [0.717, 1.165) is 16.7 Å². The Hall–Kier alpha value is -1.93. The van der Waals surface area contributed by atoms with Gasteiger partial charge >= 0.3 is 15.1 Å². The highest BCUT2D eigenvalue weighted by Crippen LogP contribution is 2.09. The van der Waals surface area contributed by atoms with Crippen molar-refractivity contribution in [1.29, 1.82) is 0 Å². The Labute approximate surface area is 154 Å². The minimum atomic E-state index is -2.24. The second-order valence-corrected chi connectivity index (χ2v) is 7.26. The quantitative estimate of drug-likeness (QED) is 0.528. The Kier molecular flexibility index (Phi) is 7.26. The highest BCUT2D eigenvalue weighted by Gasteiger charge is 2.31. The zero-order valence-corrected chi connectivity index (χ0v) is 15.2. The van der Waals surface area contributed by atoms with E-state index >= 15 is 0 Å². The molecule has 0 saturated carbocycles. The summed E-state index contributed by atoms with van der Waals surface area (Å²) in [7, 11) is 0. The monoisotopic (exact) mass is 348 g/mol. The summed E-state index contributed by atoms with van der Waals surface area (Å²) in [5, 5.41) is 0. The van der Waals surface area contributed by atoms with Gasteiger partial charge in [0.25, 0.3) is 0 Å². The Balaban J connectivity index is 1.56. The molecule has 3 aromatic carbocycles. The van der Waals surface area contributed by atoms with Crippen molar-refractivity contribution in [3.05, 3.63) is 108 Å². The highest BCUT2D eigenvalue weighted by molar-refractivity contribution is 6.36. The standard InChI is InChI=1S/3C7H7O.Al/c3*8-6-7-4-2-1-3-5-7;/h3*1-5H,6H2;/q3*-1;+3. The summed E-state index contributed by atoms with van der Waals surface area (Å²) in [6.07, 6.45) is 0. The molecule has 25 heavy (non-hydrogen) atoms. The van der Waals surface area contributed by atoms with Crippen LogP contribution in [-0.4, -0.2) is 15.1 Å². The summed E-state index contributed by atoms with van der Waals surface area (Å²) >= 11 is -2.24. The molecular formula is C21H21AlO3. The maximum atomic E-state index is 5.97. The molecule has 0 atom stereocenters. The van der Waals surface area contributed by atoms with Crippen LogP contribution >= 0.6 is 0 Å². The van der Waals surface area contributed by atoms with Crippen molar-refractivity contribution in [2.24, 2.45) is 0 Å². The maximum Gasteiger partial charge on any atom is 0.906 e. The molecule has 4 heteroatoms. The largest absolute Gasteiger partial charge is 0.906 e. The van der Waals surface area contributed by atoms with Gasteiger partial charge < -0.3 is 11.4 Å². The highest BCUT2D eigenvalue weighted by atomic mass is 27.3. The third-order valence-corrected chi connectivity index (χ3v) is 5.00. The van der Waals surface area contributed by atoms with Crippen LogP contribution in [0.2, 0.25) is 0 Å². The molecule has 3 rings (SSSR count). The third kappa shape index (κ3) is 6.47. The molecule has 0 fully saturated rings. The summed E-state index contributed by atoms with van der Waals surface area (Å²) in [6.45, 7) is 1.50. The van der Waals surface area contributed by atoms with E-state index in [1.54, 1.807) is 0 Å². The number of hydrogen-bond acceptors (Lipinski definition) is 3. The van der Waals surface area contributed by atoms with Crippen LogP contribution in [0.3, 0.4) is 0 Å². The van der Waals surface area contributed by atoms with Gasteiger partial charge in [-0.15, -0.1) is 0 Å². The van der Waals surface area contributed by atoms with E-state index in [4.69, 9.17) is 11.4 Å². The van der Waals surface area contributed by atoms with Crippen molar-refractivity contribution in [3.63, 3.8) is 0 Å². The van der Waals surface area contributed by atoms with Crippen molar-refractivity contribution in [3.8, 4) is 0 Å². The smallest absolute Gasteiger partial charge is 0.451 e. The van der Waals surface area contributed by atoms with Crippen LogP contribution in [0.1, 0.15) is 16.7 Å². The zero-order chi connectivity index (χ0) is 17.2. The topological polar surface area (TPSA) is 27.7 Å². The molecule has 0 aromatic heterocycles. The summed E-state index contributed by atoms with van der Waals surface area (Å²) in [5.41, 5.74) is 3.35. The van der Waals surface area contributed by atoms with Crippen LogP contribution in [0, 0.1) is 0 Å². The summed E-state index contributed by atoms with van der Waals surface area (Å²) in [6, 6.07) is 30.3. The molecule has 3 nitrogen and oxygen atoms in total. The molecule has 0 bridgehead atoms. The lowest BCUT2D eigenvalue weighted by molar-refractivity contribution is 0.0766. The van der Waals surface area contributed by atoms with Gasteiger partial charge in [-0.05, 0) is 16.7 Å². The van der Waals surface area contributed by atoms with Gasteiger partial charge in [0.15, 0.2) is 0 Å². The van der Waals surface area contributed by atoms with Crippen LogP contribution < -0.4 is 0 Å². The predicted octanol–water partition coefficient (Wildman–Crippen LogP) is 4.62. The average molecular weight is 348 g/mol. The van der Waals surface area contributed by atoms with Gasteiger partial charge in [-0.2, -0.15) is 0 Å². The van der Waals surface area contributed by atoms with Crippen LogP contribution in [0.4, 0.5) is 0 Å². The first-order valence-corrected chi connectivity index (χ1v) is 9.78. The van der Waals surface area contributed by atoms with Gasteiger partial charge in [-0.1, -0.05) is 91.0 Å². The van der Waals surface area contributed by atoms with E-state index < -0.39 is 15.1 Å². The fourth-order valence-corrected chi connectivity index (χ4v) is 3.63. The molecule has 0 aliphatic rings. The van der Waals surface area contributed by atoms with Gasteiger partial charge in [-0.25, -0.2) is 0 Å². The second kappa shape index (κ2) is 10.2. The molecule has 0 unspecified atom stereocenters. The fraction of sp³-hybridized carbons (Fsp3) is 0.143. The molecule has 0 aliphatic heterocycles. The average Bonchev–Trinajstić information content (AvgIpc) is 2.70. The Morgan fingerprint density at radius 1 is 0.440 bits per heavy atom. The first-order chi connectivity index (χ1) is 12.4. The summed E-state index contributed by atoms with van der Waals surface area (Å²) < 4.78 is 17.9. The second-order valence-electron chi connectivity index (χ2n) is 5.68. The molecule has 0 N–H and O–H groups in total. The van der Waals surface area contributed by atoms with Crippen LogP contribution in [-0.2, 0) is 31.2 Å². The van der Waals surface area contributed by atoms with Crippen LogP contribution in [0.25, 0.3) is 0 Å². The van der Waals surface area contributed by atoms with Gasteiger partial charge in [0, 0.05) is 19.8 Å². The Morgan fingerprint density at radius 3 is 1.00 bits per heavy atom. The van der Waals surface area contributed by atoms with Crippen molar-refractivity contribution >= 4 is 15.1 Å². The van der Waals surface area contributed by atoms with Gasteiger partial charge in [0.05, 0.1) is 0 Å². The summed E-state index contributed by atoms with van der Waals surface area (Å²) in [4.78, 5) is 0. The molecule has 0 saturated heterocycles. The van der Waals surface area contributed by atoms with E-state index in [1.807, 2.05) is 91.0 Å². The first-order valence-electron chi connectivity index (χ1n) is 8.37. The van der Waals surface area contributed by atoms with E-state index in [0.29, 0.717) is 19.8 Å². The fourth-order valence-electron chi connectivity index (χ4n) is 2.36. The van der Waals surface area contributed by atoms with Gasteiger partial charge in [-0.3, -0.25) is 0 Å². The van der Waals surface area contributed by atoms with Crippen LogP contribution in [0.15, 0.2) is 91.0 Å². The van der Waals surface area contributed by atoms with Crippen molar-refractivity contribution in [1.82, 2.24) is 0 Å². The van der Waals surface area contributed by atoms with Crippen LogP contribution in [0.5, 0.6) is 0 Å². The Morgan fingerprint density at radius 2 is 0.720 bits per heavy atom. The molecule has 0 heterocycles. The lowest BCUT2D eigenvalue weighted by Gasteiger charge is -2.14. The predicted molar refractivity (Wildman–Crippen MR) is 99.4 cm³/mol. The molecule has 0 radical (unpaired) electrons.